The van der Waals surface area contributed by atoms with Gasteiger partial charge in [-0.15, -0.1) is 0 Å². The van der Waals surface area contributed by atoms with E-state index in [2.05, 4.69) is 39.0 Å². The van der Waals surface area contributed by atoms with Gasteiger partial charge < -0.3 is 14.6 Å². The third-order valence-electron chi connectivity index (χ3n) is 6.93. The van der Waals surface area contributed by atoms with Gasteiger partial charge in [-0.25, -0.2) is 0 Å². The number of ether oxygens (including phenoxy) is 1. The molecule has 1 N–H and O–H groups in total. The van der Waals surface area contributed by atoms with Crippen LogP contribution in [0.15, 0.2) is 30.5 Å². The van der Waals surface area contributed by atoms with E-state index < -0.39 is 0 Å². The summed E-state index contributed by atoms with van der Waals surface area (Å²) in [7, 11) is 0. The number of piperazine rings is 1. The van der Waals surface area contributed by atoms with Crippen LogP contribution >= 0.6 is 0 Å². The van der Waals surface area contributed by atoms with Crippen molar-refractivity contribution in [1.82, 2.24) is 9.88 Å². The molecule has 0 radical (unpaired) electrons. The van der Waals surface area contributed by atoms with E-state index in [1.165, 1.54) is 29.4 Å². The lowest BCUT2D eigenvalue weighted by Gasteiger charge is -2.36. The highest BCUT2D eigenvalue weighted by molar-refractivity contribution is 5.83. The van der Waals surface area contributed by atoms with Crippen molar-refractivity contribution < 1.29 is 9.53 Å². The number of hydrogen-bond acceptors (Lipinski definition) is 4. The van der Waals surface area contributed by atoms with Crippen LogP contribution in [0.4, 0.5) is 5.69 Å². The maximum atomic E-state index is 12.3. The van der Waals surface area contributed by atoms with Crippen molar-refractivity contribution in [3.63, 3.8) is 0 Å². The Morgan fingerprint density at radius 1 is 1.11 bits per heavy atom. The molecule has 27 heavy (non-hydrogen) atoms. The van der Waals surface area contributed by atoms with Crippen molar-refractivity contribution in [2.45, 2.75) is 44.6 Å². The topological polar surface area (TPSA) is 48.6 Å². The minimum Gasteiger partial charge on any atom is -0.462 e. The number of esters is 1. The number of nitrogens with zero attached hydrogens (tertiary/aromatic N) is 2. The number of rotatable bonds is 4. The predicted octanol–water partition coefficient (Wildman–Crippen LogP) is 3.56. The fraction of sp³-hybridized carbons (Fsp3) is 0.591. The van der Waals surface area contributed by atoms with Gasteiger partial charge in [0.1, 0.15) is 6.10 Å². The molecular formula is C22H29N3O2. The van der Waals surface area contributed by atoms with E-state index in [1.807, 2.05) is 6.20 Å². The van der Waals surface area contributed by atoms with Gasteiger partial charge in [-0.3, -0.25) is 9.69 Å². The second kappa shape index (κ2) is 6.86. The summed E-state index contributed by atoms with van der Waals surface area (Å²) in [6.45, 7) is 5.32. The molecule has 5 rings (SSSR count). The van der Waals surface area contributed by atoms with Crippen molar-refractivity contribution in [1.29, 1.82) is 0 Å². The number of anilines is 1. The Kier molecular flexibility index (Phi) is 4.35. The monoisotopic (exact) mass is 367 g/mol. The highest BCUT2D eigenvalue weighted by atomic mass is 16.6. The summed E-state index contributed by atoms with van der Waals surface area (Å²) in [4.78, 5) is 20.6. The average Bonchev–Trinajstić information content (AvgIpc) is 3.42. The van der Waals surface area contributed by atoms with Crippen LogP contribution in [0.2, 0.25) is 0 Å². The molecular weight excluding hydrogens is 338 g/mol. The van der Waals surface area contributed by atoms with E-state index in [4.69, 9.17) is 4.74 Å². The second-order valence-electron chi connectivity index (χ2n) is 8.59. The quantitative estimate of drug-likeness (QED) is 0.840. The minimum absolute atomic E-state index is 0.0926. The van der Waals surface area contributed by atoms with E-state index in [9.17, 15) is 4.79 Å². The minimum atomic E-state index is -0.111. The fourth-order valence-corrected chi connectivity index (χ4v) is 5.25. The number of H-pyrrole nitrogens is 1. The zero-order valence-electron chi connectivity index (χ0n) is 16.0. The highest BCUT2D eigenvalue weighted by Crippen LogP contribution is 2.48. The number of aromatic amines is 1. The third-order valence-corrected chi connectivity index (χ3v) is 6.93. The summed E-state index contributed by atoms with van der Waals surface area (Å²) in [5.41, 5.74) is 2.40. The number of nitrogens with one attached hydrogen (secondary N) is 1. The Labute approximate surface area is 160 Å². The van der Waals surface area contributed by atoms with Crippen molar-refractivity contribution in [2.75, 3.05) is 37.6 Å². The van der Waals surface area contributed by atoms with Gasteiger partial charge in [-0.2, -0.15) is 0 Å². The standard InChI is InChI=1S/C22H29N3O2/c26-21-22(7-1-2-8-22)16-19(27-21)6-10-24-11-13-25(14-12-24)18-3-4-20-17(15-18)5-9-23-20/h3-5,9,15,19,23H,1-2,6-8,10-14,16H2/t19-/m1/s1. The molecule has 1 atom stereocenters. The molecule has 1 aromatic carbocycles. The van der Waals surface area contributed by atoms with Crippen LogP contribution < -0.4 is 4.90 Å². The first-order valence-electron chi connectivity index (χ1n) is 10.5. The molecule has 5 heteroatoms. The maximum absolute atomic E-state index is 12.3. The van der Waals surface area contributed by atoms with E-state index >= 15 is 0 Å². The van der Waals surface area contributed by atoms with Crippen LogP contribution in [0.5, 0.6) is 0 Å². The van der Waals surface area contributed by atoms with E-state index in [-0.39, 0.29) is 17.5 Å². The van der Waals surface area contributed by atoms with Crippen molar-refractivity contribution in [3.05, 3.63) is 30.5 Å². The second-order valence-corrected chi connectivity index (χ2v) is 8.59. The van der Waals surface area contributed by atoms with Gasteiger partial charge in [-0.05, 0) is 43.5 Å². The highest BCUT2D eigenvalue weighted by Gasteiger charge is 2.50. The number of carbonyl (C=O) groups is 1. The average molecular weight is 367 g/mol. The SMILES string of the molecule is O=C1O[C@H](CCN2CCN(c3ccc4[nH]ccc4c3)CC2)CC12CCCC2. The van der Waals surface area contributed by atoms with Crippen LogP contribution in [0.25, 0.3) is 10.9 Å². The van der Waals surface area contributed by atoms with Gasteiger partial charge in [-0.1, -0.05) is 12.8 Å². The largest absolute Gasteiger partial charge is 0.462 e. The molecule has 2 aromatic rings. The maximum Gasteiger partial charge on any atom is 0.312 e. The van der Waals surface area contributed by atoms with Gasteiger partial charge in [0.05, 0.1) is 5.41 Å². The first-order chi connectivity index (χ1) is 13.2. The fourth-order valence-electron chi connectivity index (χ4n) is 5.25. The summed E-state index contributed by atoms with van der Waals surface area (Å²) >= 11 is 0. The Balaban J connectivity index is 1.12. The van der Waals surface area contributed by atoms with Crippen LogP contribution in [0.3, 0.4) is 0 Å². The van der Waals surface area contributed by atoms with Gasteiger partial charge in [0, 0.05) is 61.9 Å². The Hall–Kier alpha value is -2.01. The first-order valence-corrected chi connectivity index (χ1v) is 10.5. The number of fused-ring (bicyclic) bond motifs is 1. The molecule has 5 nitrogen and oxygen atoms in total. The molecule has 1 saturated carbocycles. The Morgan fingerprint density at radius 2 is 1.93 bits per heavy atom. The van der Waals surface area contributed by atoms with Gasteiger partial charge in [0.25, 0.3) is 0 Å². The number of aromatic nitrogens is 1. The van der Waals surface area contributed by atoms with Crippen LogP contribution in [0, 0.1) is 5.41 Å². The third kappa shape index (κ3) is 3.22. The van der Waals surface area contributed by atoms with Crippen molar-refractivity contribution >= 4 is 22.6 Å². The lowest BCUT2D eigenvalue weighted by Crippen LogP contribution is -2.47. The smallest absolute Gasteiger partial charge is 0.312 e. The molecule has 0 bridgehead atoms. The summed E-state index contributed by atoms with van der Waals surface area (Å²) in [5, 5.41) is 1.28. The van der Waals surface area contributed by atoms with E-state index in [0.717, 1.165) is 58.4 Å². The molecule has 0 unspecified atom stereocenters. The van der Waals surface area contributed by atoms with Crippen LogP contribution in [-0.2, 0) is 9.53 Å². The van der Waals surface area contributed by atoms with Crippen LogP contribution in [0.1, 0.15) is 38.5 Å². The molecule has 144 valence electrons. The predicted molar refractivity (Wildman–Crippen MR) is 107 cm³/mol. The molecule has 3 heterocycles. The summed E-state index contributed by atoms with van der Waals surface area (Å²) < 4.78 is 5.73. The lowest BCUT2D eigenvalue weighted by molar-refractivity contribution is -0.148. The summed E-state index contributed by atoms with van der Waals surface area (Å²) in [6.07, 6.45) is 8.57. The molecule has 1 aromatic heterocycles. The zero-order chi connectivity index (χ0) is 18.3. The molecule has 1 spiro atoms. The van der Waals surface area contributed by atoms with E-state index in [0.29, 0.717) is 0 Å². The van der Waals surface area contributed by atoms with Gasteiger partial charge >= 0.3 is 5.97 Å². The molecule has 0 amide bonds. The molecule has 2 aliphatic heterocycles. The lowest BCUT2D eigenvalue weighted by atomic mass is 9.83. The number of carbonyl (C=O) groups excluding carboxylic acids is 1. The molecule has 3 aliphatic rings. The Morgan fingerprint density at radius 3 is 2.74 bits per heavy atom. The molecule has 2 saturated heterocycles. The molecule has 3 fully saturated rings. The first kappa shape index (κ1) is 17.1. The van der Waals surface area contributed by atoms with Crippen molar-refractivity contribution in [3.8, 4) is 0 Å². The van der Waals surface area contributed by atoms with Crippen LogP contribution in [-0.4, -0.2) is 54.7 Å². The van der Waals surface area contributed by atoms with Gasteiger partial charge in [0.15, 0.2) is 0 Å². The number of benzene rings is 1. The van der Waals surface area contributed by atoms with Gasteiger partial charge in [0.2, 0.25) is 0 Å². The number of cyclic esters (lactones) is 1. The van der Waals surface area contributed by atoms with Crippen molar-refractivity contribution in [2.24, 2.45) is 5.41 Å². The zero-order valence-corrected chi connectivity index (χ0v) is 16.0. The molecule has 1 aliphatic carbocycles. The van der Waals surface area contributed by atoms with E-state index in [1.54, 1.807) is 0 Å². The summed E-state index contributed by atoms with van der Waals surface area (Å²) in [5.74, 6) is 0.0926. The normalized spacial score (nSPS) is 25.6. The summed E-state index contributed by atoms with van der Waals surface area (Å²) in [6, 6.07) is 8.80. The number of hydrogen-bond donors (Lipinski definition) is 1. The Bertz CT molecular complexity index is 816.